The summed E-state index contributed by atoms with van der Waals surface area (Å²) in [7, 11) is 0. The number of benzene rings is 2. The quantitative estimate of drug-likeness (QED) is 0.585. The van der Waals surface area contributed by atoms with E-state index in [1.807, 2.05) is 48.5 Å². The van der Waals surface area contributed by atoms with Gasteiger partial charge in [0.05, 0.1) is 0 Å². The van der Waals surface area contributed by atoms with Crippen molar-refractivity contribution >= 4 is 17.6 Å². The SMILES string of the molecule is N=C(N)NCc1ccc(OCc2ccc(Cl)cc2)cc1. The van der Waals surface area contributed by atoms with Crippen LogP contribution in [0.1, 0.15) is 11.1 Å². The molecule has 0 saturated heterocycles. The molecular weight excluding hydrogens is 274 g/mol. The van der Waals surface area contributed by atoms with E-state index in [0.717, 1.165) is 21.9 Å². The van der Waals surface area contributed by atoms with Gasteiger partial charge in [-0.25, -0.2) is 0 Å². The monoisotopic (exact) mass is 289 g/mol. The van der Waals surface area contributed by atoms with E-state index in [-0.39, 0.29) is 5.96 Å². The number of guanidine groups is 1. The number of halogens is 1. The van der Waals surface area contributed by atoms with Crippen molar-refractivity contribution < 1.29 is 4.74 Å². The highest BCUT2D eigenvalue weighted by Gasteiger charge is 1.98. The van der Waals surface area contributed by atoms with Gasteiger partial charge in [0, 0.05) is 11.6 Å². The average Bonchev–Trinajstić information content (AvgIpc) is 2.45. The number of nitrogens with two attached hydrogens (primary N) is 1. The van der Waals surface area contributed by atoms with Crippen molar-refractivity contribution in [3.05, 3.63) is 64.7 Å². The largest absolute Gasteiger partial charge is 0.489 e. The number of ether oxygens (including phenoxy) is 1. The van der Waals surface area contributed by atoms with Crippen molar-refractivity contribution in [3.63, 3.8) is 0 Å². The molecule has 2 aromatic rings. The van der Waals surface area contributed by atoms with Crippen LogP contribution >= 0.6 is 11.6 Å². The molecule has 0 aromatic heterocycles. The molecule has 0 spiro atoms. The zero-order chi connectivity index (χ0) is 14.4. The minimum atomic E-state index is -0.0342. The third-order valence-corrected chi connectivity index (χ3v) is 2.98. The average molecular weight is 290 g/mol. The van der Waals surface area contributed by atoms with Crippen LogP contribution in [0.15, 0.2) is 48.5 Å². The molecule has 0 bridgehead atoms. The second kappa shape index (κ2) is 6.82. The van der Waals surface area contributed by atoms with E-state index in [9.17, 15) is 0 Å². The fourth-order valence-corrected chi connectivity index (χ4v) is 1.77. The standard InChI is InChI=1S/C15H16ClN3O/c16-13-5-1-12(2-6-13)10-20-14-7-3-11(4-8-14)9-19-15(17)18/h1-8H,9-10H2,(H4,17,18,19). The Morgan fingerprint density at radius 3 is 2.25 bits per heavy atom. The topological polar surface area (TPSA) is 71.1 Å². The lowest BCUT2D eigenvalue weighted by Crippen LogP contribution is -2.29. The van der Waals surface area contributed by atoms with E-state index in [0.29, 0.717) is 13.2 Å². The van der Waals surface area contributed by atoms with Crippen molar-refractivity contribution in [2.75, 3.05) is 0 Å². The Kier molecular flexibility index (Phi) is 4.85. The molecule has 0 heterocycles. The van der Waals surface area contributed by atoms with Crippen LogP contribution in [0.25, 0.3) is 0 Å². The van der Waals surface area contributed by atoms with Crippen LogP contribution < -0.4 is 15.8 Å². The zero-order valence-corrected chi connectivity index (χ0v) is 11.7. The second-order valence-corrected chi connectivity index (χ2v) is 4.76. The molecule has 0 aliphatic carbocycles. The number of nitrogens with one attached hydrogen (secondary N) is 2. The van der Waals surface area contributed by atoms with E-state index in [4.69, 9.17) is 27.5 Å². The molecule has 0 radical (unpaired) electrons. The number of hydrogen-bond acceptors (Lipinski definition) is 2. The molecule has 0 aliphatic rings. The first-order valence-corrected chi connectivity index (χ1v) is 6.55. The first-order chi connectivity index (χ1) is 9.63. The van der Waals surface area contributed by atoms with E-state index in [2.05, 4.69) is 5.32 Å². The predicted molar refractivity (Wildman–Crippen MR) is 81.0 cm³/mol. The minimum Gasteiger partial charge on any atom is -0.489 e. The van der Waals surface area contributed by atoms with Crippen LogP contribution in [-0.2, 0) is 13.2 Å². The maximum Gasteiger partial charge on any atom is 0.185 e. The van der Waals surface area contributed by atoms with Gasteiger partial charge in [-0.05, 0) is 35.4 Å². The Hall–Kier alpha value is -2.20. The normalized spacial score (nSPS) is 10.1. The maximum atomic E-state index is 7.09. The lowest BCUT2D eigenvalue weighted by molar-refractivity contribution is 0.306. The minimum absolute atomic E-state index is 0.0342. The van der Waals surface area contributed by atoms with Gasteiger partial charge in [0.1, 0.15) is 12.4 Å². The number of hydrogen-bond donors (Lipinski definition) is 3. The van der Waals surface area contributed by atoms with Crippen LogP contribution in [-0.4, -0.2) is 5.96 Å². The fraction of sp³-hybridized carbons (Fsp3) is 0.133. The summed E-state index contributed by atoms with van der Waals surface area (Å²) in [5.74, 6) is 0.764. The van der Waals surface area contributed by atoms with Gasteiger partial charge in [-0.3, -0.25) is 5.41 Å². The molecule has 20 heavy (non-hydrogen) atoms. The molecule has 0 unspecified atom stereocenters. The van der Waals surface area contributed by atoms with Crippen molar-refractivity contribution in [1.82, 2.24) is 5.32 Å². The first kappa shape index (κ1) is 14.2. The molecule has 0 fully saturated rings. The van der Waals surface area contributed by atoms with E-state index in [1.165, 1.54) is 0 Å². The van der Waals surface area contributed by atoms with Crippen molar-refractivity contribution in [3.8, 4) is 5.75 Å². The second-order valence-electron chi connectivity index (χ2n) is 4.33. The molecule has 104 valence electrons. The first-order valence-electron chi connectivity index (χ1n) is 6.17. The highest BCUT2D eigenvalue weighted by molar-refractivity contribution is 6.30. The summed E-state index contributed by atoms with van der Waals surface area (Å²) in [6.45, 7) is 1.04. The summed E-state index contributed by atoms with van der Waals surface area (Å²) in [6.07, 6.45) is 0. The Bertz CT molecular complexity index is 567. The Morgan fingerprint density at radius 1 is 1.05 bits per heavy atom. The van der Waals surface area contributed by atoms with Gasteiger partial charge in [-0.1, -0.05) is 35.9 Å². The van der Waals surface area contributed by atoms with Crippen LogP contribution in [0.5, 0.6) is 5.75 Å². The van der Waals surface area contributed by atoms with Crippen LogP contribution in [0.2, 0.25) is 5.02 Å². The van der Waals surface area contributed by atoms with Crippen molar-refractivity contribution in [1.29, 1.82) is 5.41 Å². The summed E-state index contributed by atoms with van der Waals surface area (Å²) in [5.41, 5.74) is 7.34. The molecular formula is C15H16ClN3O. The van der Waals surface area contributed by atoms with E-state index in [1.54, 1.807) is 0 Å². The van der Waals surface area contributed by atoms with E-state index < -0.39 is 0 Å². The molecule has 0 aliphatic heterocycles. The highest BCUT2D eigenvalue weighted by Crippen LogP contribution is 2.15. The van der Waals surface area contributed by atoms with Gasteiger partial charge in [0.15, 0.2) is 5.96 Å². The molecule has 2 aromatic carbocycles. The predicted octanol–water partition coefficient (Wildman–Crippen LogP) is 2.90. The van der Waals surface area contributed by atoms with Gasteiger partial charge in [0.2, 0.25) is 0 Å². The smallest absolute Gasteiger partial charge is 0.185 e. The Labute approximate surface area is 123 Å². The van der Waals surface area contributed by atoms with Gasteiger partial charge in [0.25, 0.3) is 0 Å². The Morgan fingerprint density at radius 2 is 1.65 bits per heavy atom. The fourth-order valence-electron chi connectivity index (χ4n) is 1.65. The van der Waals surface area contributed by atoms with E-state index >= 15 is 0 Å². The van der Waals surface area contributed by atoms with Crippen LogP contribution in [0, 0.1) is 5.41 Å². The third kappa shape index (κ3) is 4.48. The van der Waals surface area contributed by atoms with Crippen LogP contribution in [0.3, 0.4) is 0 Å². The summed E-state index contributed by atoms with van der Waals surface area (Å²) in [5, 5.41) is 10.6. The summed E-state index contributed by atoms with van der Waals surface area (Å²) in [4.78, 5) is 0. The molecule has 0 saturated carbocycles. The van der Waals surface area contributed by atoms with Gasteiger partial charge in [-0.15, -0.1) is 0 Å². The van der Waals surface area contributed by atoms with Gasteiger partial charge in [-0.2, -0.15) is 0 Å². The molecule has 4 N–H and O–H groups in total. The Balaban J connectivity index is 1.87. The molecule has 2 rings (SSSR count). The molecule has 0 atom stereocenters. The molecule has 4 nitrogen and oxygen atoms in total. The summed E-state index contributed by atoms with van der Waals surface area (Å²) >= 11 is 5.83. The number of rotatable bonds is 5. The van der Waals surface area contributed by atoms with Crippen molar-refractivity contribution in [2.45, 2.75) is 13.2 Å². The summed E-state index contributed by atoms with van der Waals surface area (Å²) in [6, 6.07) is 15.2. The van der Waals surface area contributed by atoms with Gasteiger partial charge < -0.3 is 15.8 Å². The lowest BCUT2D eigenvalue weighted by atomic mass is 10.2. The third-order valence-electron chi connectivity index (χ3n) is 2.73. The lowest BCUT2D eigenvalue weighted by Gasteiger charge is -2.08. The van der Waals surface area contributed by atoms with Crippen molar-refractivity contribution in [2.24, 2.45) is 5.73 Å². The highest BCUT2D eigenvalue weighted by atomic mass is 35.5. The summed E-state index contributed by atoms with van der Waals surface area (Å²) < 4.78 is 5.68. The maximum absolute atomic E-state index is 7.09. The zero-order valence-electron chi connectivity index (χ0n) is 10.9. The van der Waals surface area contributed by atoms with Gasteiger partial charge >= 0.3 is 0 Å². The molecule has 0 amide bonds. The van der Waals surface area contributed by atoms with Crippen LogP contribution in [0.4, 0.5) is 0 Å². The molecule has 5 heteroatoms.